The second-order valence-electron chi connectivity index (χ2n) is 6.03. The summed E-state index contributed by atoms with van der Waals surface area (Å²) in [6.45, 7) is 5.62. The third kappa shape index (κ3) is 5.18. The largest absolute Gasteiger partial charge is 0.311 e. The van der Waals surface area contributed by atoms with Crippen LogP contribution in [0.4, 0.5) is 0 Å². The van der Waals surface area contributed by atoms with Gasteiger partial charge in [0.15, 0.2) is 0 Å². The van der Waals surface area contributed by atoms with Gasteiger partial charge < -0.3 is 5.32 Å². The fraction of sp³-hybridized carbons (Fsp3) is 0.368. The summed E-state index contributed by atoms with van der Waals surface area (Å²) in [6, 6.07) is 21.4. The van der Waals surface area contributed by atoms with Gasteiger partial charge in [-0.3, -0.25) is 0 Å². The van der Waals surface area contributed by atoms with Gasteiger partial charge in [0.05, 0.1) is 0 Å². The molecule has 0 radical (unpaired) electrons. The molecule has 0 aliphatic heterocycles. The van der Waals surface area contributed by atoms with Gasteiger partial charge in [-0.05, 0) is 50.8 Å². The zero-order valence-corrected chi connectivity index (χ0v) is 12.6. The first-order valence-corrected chi connectivity index (χ1v) is 7.49. The Bertz CT molecular complexity index is 488. The normalized spacial score (nSPS) is 11.5. The molecule has 0 heterocycles. The number of benzene rings is 2. The maximum atomic E-state index is 3.68. The first-order chi connectivity index (χ1) is 9.66. The first-order valence-electron chi connectivity index (χ1n) is 7.49. The van der Waals surface area contributed by atoms with E-state index in [-0.39, 0.29) is 5.54 Å². The Balaban J connectivity index is 1.73. The molecule has 1 heteroatoms. The van der Waals surface area contributed by atoms with Crippen LogP contribution < -0.4 is 5.32 Å². The van der Waals surface area contributed by atoms with Gasteiger partial charge in [-0.25, -0.2) is 0 Å². The molecule has 0 unspecified atom stereocenters. The topological polar surface area (TPSA) is 12.0 Å². The highest BCUT2D eigenvalue weighted by Crippen LogP contribution is 2.13. The van der Waals surface area contributed by atoms with Gasteiger partial charge in [-0.1, -0.05) is 60.7 Å². The van der Waals surface area contributed by atoms with Crippen molar-refractivity contribution in [2.75, 3.05) is 6.54 Å². The smallest absolute Gasteiger partial charge is 0.0128 e. The van der Waals surface area contributed by atoms with Gasteiger partial charge in [0, 0.05) is 5.54 Å². The highest BCUT2D eigenvalue weighted by Gasteiger charge is 2.16. The van der Waals surface area contributed by atoms with E-state index in [0.717, 1.165) is 25.8 Å². The SMILES string of the molecule is CC(C)(CCc1ccccc1)NCCc1ccccc1. The van der Waals surface area contributed by atoms with Gasteiger partial charge >= 0.3 is 0 Å². The molecule has 1 nitrogen and oxygen atoms in total. The second-order valence-corrected chi connectivity index (χ2v) is 6.03. The van der Waals surface area contributed by atoms with Gasteiger partial charge in [0.25, 0.3) is 0 Å². The van der Waals surface area contributed by atoms with E-state index in [2.05, 4.69) is 79.8 Å². The Hall–Kier alpha value is -1.60. The lowest BCUT2D eigenvalue weighted by molar-refractivity contribution is 0.365. The summed E-state index contributed by atoms with van der Waals surface area (Å²) in [5.74, 6) is 0. The molecular weight excluding hydrogens is 242 g/mol. The molecule has 0 saturated heterocycles. The summed E-state index contributed by atoms with van der Waals surface area (Å²) in [6.07, 6.45) is 3.38. The van der Waals surface area contributed by atoms with Gasteiger partial charge in [-0.15, -0.1) is 0 Å². The number of hydrogen-bond acceptors (Lipinski definition) is 1. The van der Waals surface area contributed by atoms with Crippen LogP contribution in [0.2, 0.25) is 0 Å². The van der Waals surface area contributed by atoms with Crippen LogP contribution >= 0.6 is 0 Å². The van der Waals surface area contributed by atoms with E-state index >= 15 is 0 Å². The second kappa shape index (κ2) is 7.25. The highest BCUT2D eigenvalue weighted by atomic mass is 14.9. The minimum atomic E-state index is 0.185. The molecule has 2 aromatic carbocycles. The van der Waals surface area contributed by atoms with Crippen LogP contribution in [0.1, 0.15) is 31.4 Å². The molecule has 0 spiro atoms. The Labute approximate surface area is 123 Å². The molecular formula is C19H25N. The quantitative estimate of drug-likeness (QED) is 0.791. The van der Waals surface area contributed by atoms with Crippen molar-refractivity contribution in [1.29, 1.82) is 0 Å². The Morgan fingerprint density at radius 3 is 1.80 bits per heavy atom. The molecule has 20 heavy (non-hydrogen) atoms. The molecule has 1 N–H and O–H groups in total. The van der Waals surface area contributed by atoms with Crippen molar-refractivity contribution in [3.05, 3.63) is 71.8 Å². The van der Waals surface area contributed by atoms with E-state index in [4.69, 9.17) is 0 Å². The molecule has 0 bridgehead atoms. The number of nitrogens with one attached hydrogen (secondary N) is 1. The molecule has 0 amide bonds. The Morgan fingerprint density at radius 2 is 1.25 bits per heavy atom. The van der Waals surface area contributed by atoms with E-state index in [1.54, 1.807) is 0 Å². The maximum absolute atomic E-state index is 3.68. The fourth-order valence-electron chi connectivity index (χ4n) is 2.38. The van der Waals surface area contributed by atoms with Crippen LogP contribution in [0, 0.1) is 0 Å². The number of rotatable bonds is 7. The number of aryl methyl sites for hydroxylation is 1. The fourth-order valence-corrected chi connectivity index (χ4v) is 2.38. The van der Waals surface area contributed by atoms with Crippen molar-refractivity contribution in [3.63, 3.8) is 0 Å². The molecule has 0 saturated carbocycles. The zero-order valence-electron chi connectivity index (χ0n) is 12.6. The predicted octanol–water partition coefficient (Wildman–Crippen LogP) is 4.23. The summed E-state index contributed by atoms with van der Waals surface area (Å²) < 4.78 is 0. The van der Waals surface area contributed by atoms with Crippen molar-refractivity contribution in [2.24, 2.45) is 0 Å². The molecule has 0 aliphatic carbocycles. The summed E-state index contributed by atoms with van der Waals surface area (Å²) in [7, 11) is 0. The lowest BCUT2D eigenvalue weighted by atomic mass is 9.95. The lowest BCUT2D eigenvalue weighted by Crippen LogP contribution is -2.40. The van der Waals surface area contributed by atoms with E-state index in [1.807, 2.05) is 0 Å². The standard InChI is InChI=1S/C19H25N/c1-19(2,15-13-17-9-5-3-6-10-17)20-16-14-18-11-7-4-8-12-18/h3-12,20H,13-16H2,1-2H3. The van der Waals surface area contributed by atoms with Crippen molar-refractivity contribution >= 4 is 0 Å². The maximum Gasteiger partial charge on any atom is 0.0128 e. The van der Waals surface area contributed by atoms with Crippen LogP contribution in [0.3, 0.4) is 0 Å². The summed E-state index contributed by atoms with van der Waals surface area (Å²) in [5, 5.41) is 3.68. The van der Waals surface area contributed by atoms with Gasteiger partial charge in [0.1, 0.15) is 0 Å². The highest BCUT2D eigenvalue weighted by molar-refractivity contribution is 5.16. The Kier molecular flexibility index (Phi) is 5.37. The van der Waals surface area contributed by atoms with Gasteiger partial charge in [0.2, 0.25) is 0 Å². The summed E-state index contributed by atoms with van der Waals surface area (Å²) in [4.78, 5) is 0. The molecule has 0 aromatic heterocycles. The zero-order chi connectivity index (χ0) is 14.3. The first kappa shape index (κ1) is 14.8. The van der Waals surface area contributed by atoms with Crippen molar-refractivity contribution < 1.29 is 0 Å². The van der Waals surface area contributed by atoms with E-state index in [0.29, 0.717) is 0 Å². The van der Waals surface area contributed by atoms with Crippen LogP contribution in [-0.4, -0.2) is 12.1 Å². The molecule has 0 aliphatic rings. The third-order valence-electron chi connectivity index (χ3n) is 3.74. The van der Waals surface area contributed by atoms with E-state index in [1.165, 1.54) is 11.1 Å². The minimum absolute atomic E-state index is 0.185. The van der Waals surface area contributed by atoms with E-state index < -0.39 is 0 Å². The van der Waals surface area contributed by atoms with Crippen LogP contribution in [0.25, 0.3) is 0 Å². The van der Waals surface area contributed by atoms with Crippen molar-refractivity contribution in [2.45, 2.75) is 38.6 Å². The van der Waals surface area contributed by atoms with Crippen molar-refractivity contribution in [3.8, 4) is 0 Å². The molecule has 0 fully saturated rings. The molecule has 0 atom stereocenters. The van der Waals surface area contributed by atoms with Crippen LogP contribution in [0.5, 0.6) is 0 Å². The lowest BCUT2D eigenvalue weighted by Gasteiger charge is -2.26. The summed E-state index contributed by atoms with van der Waals surface area (Å²) >= 11 is 0. The Morgan fingerprint density at radius 1 is 0.750 bits per heavy atom. The molecule has 2 aromatic rings. The third-order valence-corrected chi connectivity index (χ3v) is 3.74. The van der Waals surface area contributed by atoms with Crippen molar-refractivity contribution in [1.82, 2.24) is 5.32 Å². The average molecular weight is 267 g/mol. The van der Waals surface area contributed by atoms with Gasteiger partial charge in [-0.2, -0.15) is 0 Å². The average Bonchev–Trinajstić information content (AvgIpc) is 2.47. The van der Waals surface area contributed by atoms with E-state index in [9.17, 15) is 0 Å². The minimum Gasteiger partial charge on any atom is -0.311 e. The van der Waals surface area contributed by atoms with Crippen LogP contribution in [0.15, 0.2) is 60.7 Å². The van der Waals surface area contributed by atoms with Crippen LogP contribution in [-0.2, 0) is 12.8 Å². The summed E-state index contributed by atoms with van der Waals surface area (Å²) in [5.41, 5.74) is 3.01. The monoisotopic (exact) mass is 267 g/mol. The predicted molar refractivity (Wildman–Crippen MR) is 87.0 cm³/mol. The molecule has 106 valence electrons. The number of hydrogen-bond donors (Lipinski definition) is 1. The molecule has 2 rings (SSSR count).